The first-order chi connectivity index (χ1) is 8.57. The molecule has 0 amide bonds. The number of benzene rings is 1. The van der Waals surface area contributed by atoms with Crippen molar-refractivity contribution in [1.82, 2.24) is 0 Å². The van der Waals surface area contributed by atoms with Crippen LogP contribution in [0.3, 0.4) is 0 Å². The van der Waals surface area contributed by atoms with Gasteiger partial charge in [0.15, 0.2) is 0 Å². The standard InChI is InChI=1S/C14H15BrFNS/c1-14(9-17,8-10-4-3-7-18-10)11-5-2-6-12(15)13(11)16/h2-7H,8-9,17H2,1H3. The van der Waals surface area contributed by atoms with Crippen molar-refractivity contribution in [3.05, 3.63) is 56.4 Å². The van der Waals surface area contributed by atoms with Crippen LogP contribution in [0.1, 0.15) is 17.4 Å². The SMILES string of the molecule is CC(CN)(Cc1cccs1)c1cccc(Br)c1F. The average Bonchev–Trinajstić information content (AvgIpc) is 2.85. The summed E-state index contributed by atoms with van der Waals surface area (Å²) in [5, 5.41) is 2.03. The molecule has 1 unspecified atom stereocenters. The van der Waals surface area contributed by atoms with Crippen LogP contribution in [0.2, 0.25) is 0 Å². The second-order valence-corrected chi connectivity index (χ2v) is 6.51. The molecule has 1 atom stereocenters. The van der Waals surface area contributed by atoms with Crippen molar-refractivity contribution < 1.29 is 4.39 Å². The molecular formula is C14H15BrFNS. The van der Waals surface area contributed by atoms with E-state index in [-0.39, 0.29) is 11.2 Å². The van der Waals surface area contributed by atoms with Gasteiger partial charge in [0.25, 0.3) is 0 Å². The van der Waals surface area contributed by atoms with Gasteiger partial charge in [0, 0.05) is 16.8 Å². The minimum absolute atomic E-state index is 0.206. The fourth-order valence-electron chi connectivity index (χ4n) is 2.04. The molecule has 2 aromatic rings. The summed E-state index contributed by atoms with van der Waals surface area (Å²) >= 11 is 4.91. The maximum Gasteiger partial charge on any atom is 0.141 e. The highest BCUT2D eigenvalue weighted by Crippen LogP contribution is 2.33. The second-order valence-electron chi connectivity index (χ2n) is 4.62. The molecule has 0 spiro atoms. The van der Waals surface area contributed by atoms with Crippen LogP contribution >= 0.6 is 27.3 Å². The van der Waals surface area contributed by atoms with Crippen molar-refractivity contribution >= 4 is 27.3 Å². The Morgan fingerprint density at radius 1 is 1.33 bits per heavy atom. The Morgan fingerprint density at radius 3 is 2.72 bits per heavy atom. The molecule has 96 valence electrons. The van der Waals surface area contributed by atoms with E-state index in [2.05, 4.69) is 22.0 Å². The summed E-state index contributed by atoms with van der Waals surface area (Å²) in [6, 6.07) is 9.45. The monoisotopic (exact) mass is 327 g/mol. The second kappa shape index (κ2) is 5.51. The molecular weight excluding hydrogens is 313 g/mol. The molecule has 0 aliphatic carbocycles. The molecule has 1 heterocycles. The van der Waals surface area contributed by atoms with Crippen LogP contribution in [0.4, 0.5) is 4.39 Å². The lowest BCUT2D eigenvalue weighted by Crippen LogP contribution is -2.35. The molecule has 0 aliphatic heterocycles. The highest BCUT2D eigenvalue weighted by atomic mass is 79.9. The van der Waals surface area contributed by atoms with E-state index in [1.165, 1.54) is 4.88 Å². The van der Waals surface area contributed by atoms with Crippen molar-refractivity contribution in [2.24, 2.45) is 5.73 Å². The Balaban J connectivity index is 2.40. The van der Waals surface area contributed by atoms with Gasteiger partial charge < -0.3 is 5.73 Å². The Kier molecular flexibility index (Phi) is 4.20. The van der Waals surface area contributed by atoms with Gasteiger partial charge in [-0.2, -0.15) is 0 Å². The summed E-state index contributed by atoms with van der Waals surface area (Å²) in [4.78, 5) is 1.22. The number of thiophene rings is 1. The van der Waals surface area contributed by atoms with Crippen LogP contribution < -0.4 is 5.73 Å². The lowest BCUT2D eigenvalue weighted by molar-refractivity contribution is 0.451. The van der Waals surface area contributed by atoms with Crippen molar-refractivity contribution in [3.63, 3.8) is 0 Å². The number of hydrogen-bond acceptors (Lipinski definition) is 2. The number of halogens is 2. The topological polar surface area (TPSA) is 26.0 Å². The van der Waals surface area contributed by atoms with Gasteiger partial charge in [-0.3, -0.25) is 0 Å². The van der Waals surface area contributed by atoms with Gasteiger partial charge in [0.2, 0.25) is 0 Å². The van der Waals surface area contributed by atoms with Gasteiger partial charge in [0.05, 0.1) is 4.47 Å². The first-order valence-corrected chi connectivity index (χ1v) is 7.41. The van der Waals surface area contributed by atoms with E-state index in [9.17, 15) is 4.39 Å². The fraction of sp³-hybridized carbons (Fsp3) is 0.286. The van der Waals surface area contributed by atoms with Crippen LogP contribution in [-0.4, -0.2) is 6.54 Å². The van der Waals surface area contributed by atoms with Crippen LogP contribution in [0.25, 0.3) is 0 Å². The molecule has 0 fully saturated rings. The summed E-state index contributed by atoms with van der Waals surface area (Å²) in [6.07, 6.45) is 0.758. The van der Waals surface area contributed by atoms with Gasteiger partial charge >= 0.3 is 0 Å². The van der Waals surface area contributed by atoms with E-state index >= 15 is 0 Å². The molecule has 0 aliphatic rings. The van der Waals surface area contributed by atoms with Gasteiger partial charge in [0.1, 0.15) is 5.82 Å². The lowest BCUT2D eigenvalue weighted by Gasteiger charge is -2.29. The number of nitrogens with two attached hydrogens (primary N) is 1. The summed E-state index contributed by atoms with van der Waals surface area (Å²) in [5.74, 6) is -0.206. The smallest absolute Gasteiger partial charge is 0.141 e. The molecule has 1 aromatic heterocycles. The lowest BCUT2D eigenvalue weighted by atomic mass is 9.79. The fourth-order valence-corrected chi connectivity index (χ4v) is 3.30. The summed E-state index contributed by atoms with van der Waals surface area (Å²) in [7, 11) is 0. The molecule has 1 nitrogen and oxygen atoms in total. The van der Waals surface area contributed by atoms with Gasteiger partial charge in [-0.1, -0.05) is 25.1 Å². The molecule has 0 bridgehead atoms. The predicted octanol–water partition coefficient (Wildman–Crippen LogP) is 4.11. The zero-order chi connectivity index (χ0) is 13.2. The Labute approximate surface area is 119 Å². The predicted molar refractivity (Wildman–Crippen MR) is 78.5 cm³/mol. The minimum Gasteiger partial charge on any atom is -0.330 e. The highest BCUT2D eigenvalue weighted by molar-refractivity contribution is 9.10. The average molecular weight is 328 g/mol. The molecule has 1 aromatic carbocycles. The van der Waals surface area contributed by atoms with E-state index < -0.39 is 0 Å². The van der Waals surface area contributed by atoms with E-state index in [1.54, 1.807) is 17.4 Å². The first kappa shape index (κ1) is 13.7. The Hall–Kier alpha value is -0.710. The molecule has 0 saturated carbocycles. The molecule has 0 radical (unpaired) electrons. The quantitative estimate of drug-likeness (QED) is 0.898. The van der Waals surface area contributed by atoms with Crippen molar-refractivity contribution in [3.8, 4) is 0 Å². The van der Waals surface area contributed by atoms with E-state index in [0.717, 1.165) is 6.42 Å². The van der Waals surface area contributed by atoms with Crippen molar-refractivity contribution in [2.45, 2.75) is 18.8 Å². The normalized spacial score (nSPS) is 14.4. The van der Waals surface area contributed by atoms with Crippen molar-refractivity contribution in [2.75, 3.05) is 6.54 Å². The van der Waals surface area contributed by atoms with Gasteiger partial charge in [-0.25, -0.2) is 4.39 Å². The zero-order valence-corrected chi connectivity index (χ0v) is 12.5. The third kappa shape index (κ3) is 2.66. The zero-order valence-electron chi connectivity index (χ0n) is 10.1. The molecule has 4 heteroatoms. The van der Waals surface area contributed by atoms with Crippen LogP contribution in [-0.2, 0) is 11.8 Å². The molecule has 0 saturated heterocycles. The first-order valence-electron chi connectivity index (χ1n) is 5.74. The number of rotatable bonds is 4. The Bertz CT molecular complexity index is 527. The minimum atomic E-state index is -0.376. The summed E-state index contributed by atoms with van der Waals surface area (Å²) < 4.78 is 14.7. The van der Waals surface area contributed by atoms with Gasteiger partial charge in [-0.15, -0.1) is 11.3 Å². The summed E-state index contributed by atoms with van der Waals surface area (Å²) in [5.41, 5.74) is 6.19. The number of hydrogen-bond donors (Lipinski definition) is 1. The summed E-state index contributed by atoms with van der Waals surface area (Å²) in [6.45, 7) is 2.43. The third-order valence-corrected chi connectivity index (χ3v) is 4.69. The highest BCUT2D eigenvalue weighted by Gasteiger charge is 2.29. The van der Waals surface area contributed by atoms with Crippen LogP contribution in [0, 0.1) is 5.82 Å². The van der Waals surface area contributed by atoms with Crippen molar-refractivity contribution in [1.29, 1.82) is 0 Å². The van der Waals surface area contributed by atoms with E-state index in [1.807, 2.05) is 30.5 Å². The maximum absolute atomic E-state index is 14.2. The van der Waals surface area contributed by atoms with Gasteiger partial charge in [-0.05, 0) is 45.4 Å². The van der Waals surface area contributed by atoms with E-state index in [4.69, 9.17) is 5.73 Å². The molecule has 2 rings (SSSR count). The molecule has 18 heavy (non-hydrogen) atoms. The van der Waals surface area contributed by atoms with Crippen LogP contribution in [0.5, 0.6) is 0 Å². The maximum atomic E-state index is 14.2. The largest absolute Gasteiger partial charge is 0.330 e. The van der Waals surface area contributed by atoms with Crippen LogP contribution in [0.15, 0.2) is 40.2 Å². The third-order valence-electron chi connectivity index (χ3n) is 3.20. The Morgan fingerprint density at radius 2 is 2.11 bits per heavy atom. The van der Waals surface area contributed by atoms with E-state index in [0.29, 0.717) is 16.6 Å². The molecule has 2 N–H and O–H groups in total.